The Bertz CT molecular complexity index is 1040. The molecule has 0 aromatic heterocycles. The molecule has 0 spiro atoms. The number of carbonyl (C=O) groups is 6. The Kier molecular flexibility index (Phi) is 25.6. The van der Waals surface area contributed by atoms with Crippen molar-refractivity contribution in [3.8, 4) is 0 Å². The van der Waals surface area contributed by atoms with Gasteiger partial charge in [0.2, 0.25) is 35.4 Å². The van der Waals surface area contributed by atoms with E-state index in [0.29, 0.717) is 25.9 Å². The van der Waals surface area contributed by atoms with Gasteiger partial charge in [0.15, 0.2) is 0 Å². The van der Waals surface area contributed by atoms with Gasteiger partial charge in [-0.15, -0.1) is 0 Å². The molecule has 0 fully saturated rings. The molecule has 18 heteroatoms. The third-order valence-corrected chi connectivity index (χ3v) is 8.00. The summed E-state index contributed by atoms with van der Waals surface area (Å²) >= 11 is 0. The van der Waals surface area contributed by atoms with E-state index in [4.69, 9.17) is 11.5 Å². The van der Waals surface area contributed by atoms with Gasteiger partial charge in [-0.3, -0.25) is 28.8 Å². The first kappa shape index (κ1) is 46.7. The highest BCUT2D eigenvalue weighted by Gasteiger charge is 2.33. The number of unbranched alkanes of at least 4 members (excludes halogenated alkanes) is 8. The van der Waals surface area contributed by atoms with Crippen LogP contribution in [0.4, 0.5) is 0 Å². The molecule has 6 atom stereocenters. The number of nitrogens with two attached hydrogens (primary N) is 2. The minimum atomic E-state index is -1.91. The van der Waals surface area contributed by atoms with E-state index in [1.54, 1.807) is 0 Å². The van der Waals surface area contributed by atoms with Crippen LogP contribution in [0.25, 0.3) is 0 Å². The Morgan fingerprint density at radius 3 is 1.84 bits per heavy atom. The summed E-state index contributed by atoms with van der Waals surface area (Å²) in [5.74, 6) is -5.89. The van der Waals surface area contributed by atoms with Crippen LogP contribution in [-0.4, -0.2) is 114 Å². The smallest absolute Gasteiger partial charge is 0.426 e. The van der Waals surface area contributed by atoms with E-state index in [0.717, 1.165) is 19.4 Å². The highest BCUT2D eigenvalue weighted by atomic mass is 16.4. The van der Waals surface area contributed by atoms with E-state index in [-0.39, 0.29) is 18.7 Å². The molecule has 0 rings (SSSR count). The van der Waals surface area contributed by atoms with Crippen LogP contribution in [0.1, 0.15) is 111 Å². The summed E-state index contributed by atoms with van der Waals surface area (Å²) < 4.78 is 0. The third kappa shape index (κ3) is 21.7. The van der Waals surface area contributed by atoms with Gasteiger partial charge in [0.25, 0.3) is 0 Å². The van der Waals surface area contributed by atoms with Gasteiger partial charge in [-0.25, -0.2) is 0 Å². The molecule has 0 radical (unpaired) electrons. The van der Waals surface area contributed by atoms with Crippen molar-refractivity contribution in [1.29, 1.82) is 0 Å². The fraction of sp³-hybridized carbons (Fsp3) is 0.812. The molecule has 0 saturated carbocycles. The Hall–Kier alpha value is -3.32. The molecule has 0 saturated heterocycles. The average molecular weight is 715 g/mol. The first-order chi connectivity index (χ1) is 23.6. The zero-order valence-corrected chi connectivity index (χ0v) is 30.3. The van der Waals surface area contributed by atoms with Crippen molar-refractivity contribution in [2.75, 3.05) is 19.6 Å². The number of aliphatic hydroxyl groups is 1. The van der Waals surface area contributed by atoms with Crippen LogP contribution in [0.5, 0.6) is 0 Å². The van der Waals surface area contributed by atoms with Gasteiger partial charge in [-0.1, -0.05) is 51.9 Å². The number of aliphatic hydroxyl groups excluding tert-OH is 1. The zero-order valence-electron chi connectivity index (χ0n) is 30.3. The Morgan fingerprint density at radius 1 is 0.680 bits per heavy atom. The summed E-state index contributed by atoms with van der Waals surface area (Å²) in [5.41, 5.74) is 10.8. The normalized spacial score (nSPS) is 14.6. The summed E-state index contributed by atoms with van der Waals surface area (Å²) in [4.78, 5) is 75.9. The zero-order chi connectivity index (χ0) is 38.1. The molecule has 13 N–H and O–H groups in total. The first-order valence-electron chi connectivity index (χ1n) is 17.9. The molecule has 6 amide bonds. The number of hydrogen-bond donors (Lipinski definition) is 11. The van der Waals surface area contributed by atoms with E-state index < -0.39 is 79.3 Å². The molecular formula is C32H63BN8O9. The fourth-order valence-electron chi connectivity index (χ4n) is 4.87. The van der Waals surface area contributed by atoms with Gasteiger partial charge in [0, 0.05) is 13.0 Å². The van der Waals surface area contributed by atoms with Crippen LogP contribution in [0, 0.1) is 0 Å². The van der Waals surface area contributed by atoms with Crippen LogP contribution in [0.2, 0.25) is 0 Å². The molecule has 0 aliphatic rings. The maximum atomic E-state index is 13.3. The monoisotopic (exact) mass is 714 g/mol. The van der Waals surface area contributed by atoms with E-state index in [2.05, 4.69) is 38.8 Å². The van der Waals surface area contributed by atoms with Crippen molar-refractivity contribution in [3.05, 3.63) is 0 Å². The molecule has 0 unspecified atom stereocenters. The topological polar surface area (TPSA) is 287 Å². The Morgan fingerprint density at radius 2 is 1.28 bits per heavy atom. The lowest BCUT2D eigenvalue weighted by Crippen LogP contribution is -2.60. The molecule has 17 nitrogen and oxygen atoms in total. The van der Waals surface area contributed by atoms with Crippen molar-refractivity contribution < 1.29 is 43.9 Å². The second-order valence-electron chi connectivity index (χ2n) is 12.8. The number of primary amides is 1. The quantitative estimate of drug-likeness (QED) is 0.0297. The van der Waals surface area contributed by atoms with Crippen LogP contribution in [0.3, 0.4) is 0 Å². The van der Waals surface area contributed by atoms with Crippen molar-refractivity contribution in [3.63, 3.8) is 0 Å². The molecular weight excluding hydrogens is 651 g/mol. The number of hydrogen-bond acceptors (Lipinski definition) is 11. The van der Waals surface area contributed by atoms with Gasteiger partial charge in [-0.05, 0) is 59.5 Å². The predicted molar refractivity (Wildman–Crippen MR) is 190 cm³/mol. The van der Waals surface area contributed by atoms with E-state index >= 15 is 0 Å². The second kappa shape index (κ2) is 27.4. The van der Waals surface area contributed by atoms with Gasteiger partial charge in [-0.2, -0.15) is 0 Å². The number of amides is 6. The first-order valence-corrected chi connectivity index (χ1v) is 17.9. The minimum Gasteiger partial charge on any atom is -0.426 e. The summed E-state index contributed by atoms with van der Waals surface area (Å²) in [5, 5.41) is 44.1. The van der Waals surface area contributed by atoms with Gasteiger partial charge >= 0.3 is 7.12 Å². The highest BCUT2D eigenvalue weighted by molar-refractivity contribution is 6.43. The van der Waals surface area contributed by atoms with Crippen LogP contribution < -0.4 is 43.4 Å². The van der Waals surface area contributed by atoms with E-state index in [1.807, 2.05) is 0 Å². The maximum Gasteiger partial charge on any atom is 0.475 e. The Labute approximate surface area is 296 Å². The number of carbonyl (C=O) groups excluding carboxylic acids is 6. The van der Waals surface area contributed by atoms with Crippen molar-refractivity contribution in [2.45, 2.75) is 147 Å². The highest BCUT2D eigenvalue weighted by Crippen LogP contribution is 2.08. The standard InChI is InChI=1S/C32H63BN8O9/c1-5-6-7-8-9-10-11-14-18-36-19-16-27(44)39-24(15-12-13-17-34)30(46)41-28(22(3)42)32(48)37-21(2)29(45)40-25(20-26(35)43)31(47)38-23(4)33(49)50/h21-25,28,36,42,49-50H,5-20,34H2,1-4H3,(H2,35,43)(H,37,48)(H,38,47)(H,39,44)(H,40,45)(H,41,46)/t21-,22+,23-,24-,25-,28-/m0/s1. The molecule has 0 aromatic carbocycles. The molecule has 0 aliphatic heterocycles. The van der Waals surface area contributed by atoms with Gasteiger partial charge in [0.05, 0.1) is 18.5 Å². The third-order valence-electron chi connectivity index (χ3n) is 8.00. The lowest BCUT2D eigenvalue weighted by molar-refractivity contribution is -0.136. The summed E-state index contributed by atoms with van der Waals surface area (Å²) in [7, 11) is -1.91. The summed E-state index contributed by atoms with van der Waals surface area (Å²) in [6, 6.07) is -5.34. The summed E-state index contributed by atoms with van der Waals surface area (Å²) in [6.45, 7) is 7.62. The van der Waals surface area contributed by atoms with E-state index in [9.17, 15) is 43.9 Å². The fourth-order valence-corrected chi connectivity index (χ4v) is 4.87. The Balaban J connectivity index is 5.17. The largest absolute Gasteiger partial charge is 0.475 e. The molecule has 0 heterocycles. The maximum absolute atomic E-state index is 13.3. The second-order valence-corrected chi connectivity index (χ2v) is 12.8. The van der Waals surface area contributed by atoms with Gasteiger partial charge in [0.1, 0.15) is 24.2 Å². The van der Waals surface area contributed by atoms with E-state index in [1.165, 1.54) is 59.3 Å². The molecule has 0 bridgehead atoms. The van der Waals surface area contributed by atoms with Crippen molar-refractivity contribution >= 4 is 42.6 Å². The molecule has 288 valence electrons. The number of nitrogens with one attached hydrogen (secondary N) is 6. The van der Waals surface area contributed by atoms with Crippen molar-refractivity contribution in [1.82, 2.24) is 31.9 Å². The SMILES string of the molecule is CCCCCCCCCCNCCC(=O)N[C@@H](CCCCN)C(=O)N[C@H](C(=O)N[C@@H](C)C(=O)N[C@@H](CC(N)=O)C(=O)N[C@@H](C)B(O)O)[C@@H](C)O. The molecule has 50 heavy (non-hydrogen) atoms. The molecule has 0 aliphatic carbocycles. The molecule has 0 aromatic rings. The van der Waals surface area contributed by atoms with Crippen molar-refractivity contribution in [2.24, 2.45) is 11.5 Å². The van der Waals surface area contributed by atoms with Crippen LogP contribution >= 0.6 is 0 Å². The summed E-state index contributed by atoms with van der Waals surface area (Å²) in [6.07, 6.45) is 9.09. The van der Waals surface area contributed by atoms with Crippen LogP contribution in [0.15, 0.2) is 0 Å². The lowest BCUT2D eigenvalue weighted by atomic mass is 9.81. The van der Waals surface area contributed by atoms with Crippen LogP contribution in [-0.2, 0) is 28.8 Å². The average Bonchev–Trinajstić information content (AvgIpc) is 3.04. The minimum absolute atomic E-state index is 0.138. The van der Waals surface area contributed by atoms with Gasteiger partial charge < -0.3 is 58.5 Å². The lowest BCUT2D eigenvalue weighted by Gasteiger charge is -2.26. The predicted octanol–water partition coefficient (Wildman–Crippen LogP) is -2.03. The number of rotatable bonds is 29.